The van der Waals surface area contributed by atoms with Gasteiger partial charge in [-0.25, -0.2) is 13.5 Å². The van der Waals surface area contributed by atoms with E-state index < -0.39 is 64.2 Å². The number of benzene rings is 1. The molecular weight excluding hydrogens is 562 g/mol. The number of aromatic nitrogens is 4. The summed E-state index contributed by atoms with van der Waals surface area (Å²) in [5, 5.41) is 17.4. The first-order valence-corrected chi connectivity index (χ1v) is 14.6. The topological polar surface area (TPSA) is 189 Å². The van der Waals surface area contributed by atoms with Crippen molar-refractivity contribution in [1.82, 2.24) is 19.7 Å². The Morgan fingerprint density at radius 1 is 1.27 bits per heavy atom. The molecular formula is C19H22ClF2N5O8P2. The fourth-order valence-corrected chi connectivity index (χ4v) is 6.54. The van der Waals surface area contributed by atoms with Gasteiger partial charge in [0.25, 0.3) is 0 Å². The van der Waals surface area contributed by atoms with E-state index in [4.69, 9.17) is 26.1 Å². The molecule has 0 amide bonds. The Kier molecular flexibility index (Phi) is 8.01. The van der Waals surface area contributed by atoms with Gasteiger partial charge in [0, 0.05) is 5.56 Å². The normalized spacial score (nSPS) is 24.8. The predicted molar refractivity (Wildman–Crippen MR) is 126 cm³/mol. The molecule has 4 rings (SSSR count). The highest BCUT2D eigenvalue weighted by atomic mass is 35.5. The average molecular weight is 584 g/mol. The van der Waals surface area contributed by atoms with Crippen molar-refractivity contribution >= 4 is 43.6 Å². The van der Waals surface area contributed by atoms with E-state index in [0.717, 1.165) is 4.68 Å². The van der Waals surface area contributed by atoms with Crippen LogP contribution in [0.3, 0.4) is 0 Å². The number of hydrogen-bond donors (Lipinski definition) is 5. The highest BCUT2D eigenvalue weighted by Crippen LogP contribution is 2.55. The van der Waals surface area contributed by atoms with Crippen LogP contribution in [0, 0.1) is 5.82 Å². The van der Waals surface area contributed by atoms with Crippen molar-refractivity contribution in [2.75, 3.05) is 17.8 Å². The molecule has 37 heavy (non-hydrogen) atoms. The maximum atomic E-state index is 15.0. The van der Waals surface area contributed by atoms with Crippen molar-refractivity contribution in [3.05, 3.63) is 47.1 Å². The number of alkyl halides is 1. The number of nitrogens with zero attached hydrogens (tertiary/aromatic N) is 4. The summed E-state index contributed by atoms with van der Waals surface area (Å²) in [4.78, 5) is 35.6. The summed E-state index contributed by atoms with van der Waals surface area (Å²) < 4.78 is 63.2. The number of rotatable bonds is 9. The molecule has 3 aromatic rings. The molecule has 0 radical (unpaired) electrons. The first kappa shape index (κ1) is 28.0. The lowest BCUT2D eigenvalue weighted by Crippen LogP contribution is -2.31. The minimum atomic E-state index is -4.88. The number of aliphatic hydroxyl groups is 1. The number of hydrogen-bond acceptors (Lipinski definition) is 9. The smallest absolute Gasteiger partial charge is 0.340 e. The van der Waals surface area contributed by atoms with Gasteiger partial charge in [-0.05, 0) is 24.6 Å². The number of aliphatic hydroxyl groups excluding tert-OH is 1. The minimum Gasteiger partial charge on any atom is -0.387 e. The molecule has 202 valence electrons. The van der Waals surface area contributed by atoms with Crippen molar-refractivity contribution in [3.63, 3.8) is 0 Å². The van der Waals surface area contributed by atoms with Crippen molar-refractivity contribution < 1.29 is 47.0 Å². The van der Waals surface area contributed by atoms with Crippen LogP contribution in [0.2, 0.25) is 5.28 Å². The summed E-state index contributed by atoms with van der Waals surface area (Å²) in [7, 11) is -9.64. The molecule has 3 heterocycles. The number of ether oxygens (including phenoxy) is 1. The van der Waals surface area contributed by atoms with Gasteiger partial charge < -0.3 is 34.4 Å². The first-order chi connectivity index (χ1) is 17.3. The fourth-order valence-electron chi connectivity index (χ4n) is 3.81. The Labute approximate surface area is 213 Å². The monoisotopic (exact) mass is 583 g/mol. The molecule has 1 aromatic carbocycles. The van der Waals surface area contributed by atoms with Gasteiger partial charge in [0.1, 0.15) is 23.8 Å². The Balaban J connectivity index is 1.56. The highest BCUT2D eigenvalue weighted by Gasteiger charge is 2.47. The Bertz CT molecular complexity index is 1390. The summed E-state index contributed by atoms with van der Waals surface area (Å²) >= 11 is 6.06. The zero-order chi connectivity index (χ0) is 27.1. The van der Waals surface area contributed by atoms with Crippen LogP contribution in [-0.4, -0.2) is 70.4 Å². The van der Waals surface area contributed by atoms with E-state index in [9.17, 15) is 23.5 Å². The maximum Gasteiger partial charge on any atom is 0.340 e. The van der Waals surface area contributed by atoms with Gasteiger partial charge >= 0.3 is 15.2 Å². The maximum absolute atomic E-state index is 15.0. The van der Waals surface area contributed by atoms with E-state index in [-0.39, 0.29) is 22.1 Å². The minimum absolute atomic E-state index is 0.0129. The Hall–Kier alpha value is -2.06. The van der Waals surface area contributed by atoms with E-state index >= 15 is 4.39 Å². The van der Waals surface area contributed by atoms with Crippen LogP contribution in [0.5, 0.6) is 0 Å². The zero-order valence-electron chi connectivity index (χ0n) is 18.9. The molecule has 5 N–H and O–H groups in total. The number of anilines is 1. The fraction of sp³-hybridized carbons (Fsp3) is 0.421. The summed E-state index contributed by atoms with van der Waals surface area (Å²) in [5.41, 5.74) is 0.366. The zero-order valence-corrected chi connectivity index (χ0v) is 21.5. The molecule has 0 aliphatic carbocycles. The third-order valence-electron chi connectivity index (χ3n) is 5.49. The highest BCUT2D eigenvalue weighted by molar-refractivity contribution is 7.70. The molecule has 1 aliphatic rings. The van der Waals surface area contributed by atoms with Gasteiger partial charge in [0.2, 0.25) is 5.28 Å². The van der Waals surface area contributed by atoms with E-state index in [0.29, 0.717) is 5.56 Å². The van der Waals surface area contributed by atoms with Gasteiger partial charge in [0.05, 0.1) is 24.2 Å². The standard InChI is InChI=1S/C19H22ClF2N5O8P2/c1-9(10-4-2-3-5-12(10)21)24-16-11-6-23-27(17(11)26-19(20)25-16)18-14(22)15(28)13(35-18)7-34-37(32,33)8-36(29,30)31/h2-6,9,13-15,18,28H,7-8H2,1H3,(H,32,33)(H,24,25,26)(H2,29,30,31)/t9-,13+,14-,15+,18+/m0/s1. The van der Waals surface area contributed by atoms with Gasteiger partial charge in [-0.1, -0.05) is 18.2 Å². The number of halogens is 3. The SMILES string of the molecule is C[C@H](Nc1nc(Cl)nc2c1cnn2[C@@H]1O[C@H](COP(=O)(O)CP(=O)(O)O)[C@@H](O)[C@@H]1F)c1ccccc1F. The van der Waals surface area contributed by atoms with Crippen LogP contribution < -0.4 is 5.32 Å². The van der Waals surface area contributed by atoms with Crippen LogP contribution in [0.25, 0.3) is 11.0 Å². The van der Waals surface area contributed by atoms with Crippen LogP contribution >= 0.6 is 26.8 Å². The molecule has 1 aliphatic heterocycles. The molecule has 0 spiro atoms. The van der Waals surface area contributed by atoms with Crippen molar-refractivity contribution in [2.24, 2.45) is 0 Å². The van der Waals surface area contributed by atoms with Gasteiger partial charge in [-0.3, -0.25) is 9.13 Å². The van der Waals surface area contributed by atoms with E-state index in [1.54, 1.807) is 25.1 Å². The third kappa shape index (κ3) is 6.33. The van der Waals surface area contributed by atoms with E-state index in [1.807, 2.05) is 0 Å². The molecule has 0 saturated carbocycles. The number of nitrogens with one attached hydrogen (secondary N) is 1. The summed E-state index contributed by atoms with van der Waals surface area (Å²) in [5.74, 6) is -1.72. The molecule has 1 unspecified atom stereocenters. The molecule has 1 fully saturated rings. The predicted octanol–water partition coefficient (Wildman–Crippen LogP) is 2.73. The Morgan fingerprint density at radius 3 is 2.65 bits per heavy atom. The second kappa shape index (κ2) is 10.6. The molecule has 0 bridgehead atoms. The lowest BCUT2D eigenvalue weighted by Gasteiger charge is -2.18. The summed E-state index contributed by atoms with van der Waals surface area (Å²) in [6.45, 7) is 0.851. The largest absolute Gasteiger partial charge is 0.387 e. The Morgan fingerprint density at radius 2 is 1.97 bits per heavy atom. The second-order valence-electron chi connectivity index (χ2n) is 8.29. The van der Waals surface area contributed by atoms with Crippen LogP contribution in [-0.2, 0) is 18.4 Å². The molecule has 18 heteroatoms. The van der Waals surface area contributed by atoms with Gasteiger partial charge in [-0.2, -0.15) is 15.1 Å². The molecule has 13 nitrogen and oxygen atoms in total. The first-order valence-electron chi connectivity index (χ1n) is 10.7. The quantitative estimate of drug-likeness (QED) is 0.183. The van der Waals surface area contributed by atoms with Crippen LogP contribution in [0.1, 0.15) is 24.8 Å². The average Bonchev–Trinajstić information content (AvgIpc) is 3.32. The van der Waals surface area contributed by atoms with E-state index in [1.165, 1.54) is 12.3 Å². The van der Waals surface area contributed by atoms with Crippen LogP contribution in [0.15, 0.2) is 30.5 Å². The third-order valence-corrected chi connectivity index (χ3v) is 9.11. The number of fused-ring (bicyclic) bond motifs is 1. The second-order valence-corrected chi connectivity index (χ2v) is 12.6. The van der Waals surface area contributed by atoms with Crippen molar-refractivity contribution in [1.29, 1.82) is 0 Å². The molecule has 2 aromatic heterocycles. The summed E-state index contributed by atoms with van der Waals surface area (Å²) in [6.07, 6.45) is -5.69. The van der Waals surface area contributed by atoms with E-state index in [2.05, 4.69) is 24.9 Å². The van der Waals surface area contributed by atoms with Crippen molar-refractivity contribution in [2.45, 2.75) is 37.6 Å². The van der Waals surface area contributed by atoms with Gasteiger partial charge in [0.15, 0.2) is 23.9 Å². The van der Waals surface area contributed by atoms with Crippen LogP contribution in [0.4, 0.5) is 14.6 Å². The lowest BCUT2D eigenvalue weighted by molar-refractivity contribution is -0.0472. The molecule has 1 saturated heterocycles. The van der Waals surface area contributed by atoms with Crippen molar-refractivity contribution in [3.8, 4) is 0 Å². The molecule has 6 atom stereocenters. The summed E-state index contributed by atoms with van der Waals surface area (Å²) in [6, 6.07) is 5.56. The van der Waals surface area contributed by atoms with Gasteiger partial charge in [-0.15, -0.1) is 0 Å². The lowest BCUT2D eigenvalue weighted by atomic mass is 10.1.